The van der Waals surface area contributed by atoms with E-state index in [0.29, 0.717) is 6.10 Å². The zero-order valence-corrected chi connectivity index (χ0v) is 12.1. The predicted octanol–water partition coefficient (Wildman–Crippen LogP) is 2.51. The van der Waals surface area contributed by atoms with Crippen molar-refractivity contribution in [2.75, 3.05) is 32.1 Å². The van der Waals surface area contributed by atoms with Crippen molar-refractivity contribution in [1.29, 1.82) is 0 Å². The lowest BCUT2D eigenvalue weighted by Gasteiger charge is -2.20. The molecule has 1 atom stereocenters. The van der Waals surface area contributed by atoms with E-state index in [1.165, 1.54) is 12.8 Å². The second kappa shape index (κ2) is 7.46. The maximum Gasteiger partial charge on any atom is 0.0702 e. The number of aromatic nitrogens is 1. The summed E-state index contributed by atoms with van der Waals surface area (Å²) in [6, 6.07) is 4.17. The number of rotatable bonds is 7. The molecule has 1 aromatic rings. The molecule has 0 spiro atoms. The topological polar surface area (TPSA) is 37.4 Å². The zero-order chi connectivity index (χ0) is 13.5. The molecular weight excluding hydrogens is 238 g/mol. The van der Waals surface area contributed by atoms with Gasteiger partial charge in [-0.3, -0.25) is 9.88 Å². The van der Waals surface area contributed by atoms with Gasteiger partial charge in [-0.1, -0.05) is 6.92 Å². The van der Waals surface area contributed by atoms with Crippen LogP contribution in [-0.2, 0) is 11.3 Å². The third kappa shape index (κ3) is 4.80. The van der Waals surface area contributed by atoms with Crippen LogP contribution >= 0.6 is 0 Å². The predicted molar refractivity (Wildman–Crippen MR) is 78.3 cm³/mol. The molecule has 0 radical (unpaired) electrons. The van der Waals surface area contributed by atoms with E-state index in [4.69, 9.17) is 4.74 Å². The van der Waals surface area contributed by atoms with E-state index >= 15 is 0 Å². The third-order valence-electron chi connectivity index (χ3n) is 3.37. The SMILES string of the molecule is CCCNc1ccnc(CN(C)CC2CCCO2)c1. The highest BCUT2D eigenvalue weighted by molar-refractivity contribution is 5.43. The molecule has 0 aromatic carbocycles. The Kier molecular flexibility index (Phi) is 5.61. The molecule has 2 rings (SSSR count). The largest absolute Gasteiger partial charge is 0.385 e. The van der Waals surface area contributed by atoms with Crippen molar-refractivity contribution in [3.05, 3.63) is 24.0 Å². The van der Waals surface area contributed by atoms with E-state index in [-0.39, 0.29) is 0 Å². The fourth-order valence-corrected chi connectivity index (χ4v) is 2.42. The average molecular weight is 263 g/mol. The smallest absolute Gasteiger partial charge is 0.0702 e. The molecule has 1 aliphatic rings. The Hall–Kier alpha value is -1.13. The van der Waals surface area contributed by atoms with E-state index in [1.54, 1.807) is 0 Å². The minimum Gasteiger partial charge on any atom is -0.385 e. The fourth-order valence-electron chi connectivity index (χ4n) is 2.42. The normalized spacial score (nSPS) is 19.0. The standard InChI is InChI=1S/C15H25N3O/c1-3-7-16-13-6-8-17-14(10-13)11-18(2)12-15-5-4-9-19-15/h6,8,10,15H,3-5,7,9,11-12H2,1-2H3,(H,16,17). The average Bonchev–Trinajstić information content (AvgIpc) is 2.89. The molecule has 106 valence electrons. The molecule has 4 heteroatoms. The minimum absolute atomic E-state index is 0.409. The Balaban J connectivity index is 1.83. The van der Waals surface area contributed by atoms with Gasteiger partial charge in [0, 0.05) is 38.1 Å². The van der Waals surface area contributed by atoms with Crippen LogP contribution in [0, 0.1) is 0 Å². The van der Waals surface area contributed by atoms with Crippen molar-refractivity contribution in [3.63, 3.8) is 0 Å². The number of likely N-dealkylation sites (N-methyl/N-ethyl adjacent to an activating group) is 1. The van der Waals surface area contributed by atoms with Gasteiger partial charge in [-0.15, -0.1) is 0 Å². The molecule has 0 aliphatic carbocycles. The van der Waals surface area contributed by atoms with Gasteiger partial charge in [-0.25, -0.2) is 0 Å². The maximum atomic E-state index is 5.66. The molecule has 19 heavy (non-hydrogen) atoms. The molecule has 2 heterocycles. The van der Waals surface area contributed by atoms with Gasteiger partial charge < -0.3 is 10.1 Å². The van der Waals surface area contributed by atoms with Crippen molar-refractivity contribution >= 4 is 5.69 Å². The second-order valence-corrected chi connectivity index (χ2v) is 5.29. The first-order valence-corrected chi connectivity index (χ1v) is 7.27. The Morgan fingerprint density at radius 1 is 1.53 bits per heavy atom. The van der Waals surface area contributed by atoms with Gasteiger partial charge in [0.2, 0.25) is 0 Å². The van der Waals surface area contributed by atoms with Gasteiger partial charge in [0.15, 0.2) is 0 Å². The van der Waals surface area contributed by atoms with Crippen molar-refractivity contribution in [1.82, 2.24) is 9.88 Å². The number of ether oxygens (including phenoxy) is 1. The van der Waals surface area contributed by atoms with E-state index in [2.05, 4.69) is 35.2 Å². The van der Waals surface area contributed by atoms with E-state index in [0.717, 1.165) is 44.0 Å². The summed E-state index contributed by atoms with van der Waals surface area (Å²) in [5.41, 5.74) is 2.28. The molecule has 1 fully saturated rings. The summed E-state index contributed by atoms with van der Waals surface area (Å²) in [6.07, 6.45) is 5.82. The summed E-state index contributed by atoms with van der Waals surface area (Å²) >= 11 is 0. The van der Waals surface area contributed by atoms with Crippen LogP contribution in [0.2, 0.25) is 0 Å². The van der Waals surface area contributed by atoms with Gasteiger partial charge >= 0.3 is 0 Å². The highest BCUT2D eigenvalue weighted by atomic mass is 16.5. The molecule has 4 nitrogen and oxygen atoms in total. The number of hydrogen-bond donors (Lipinski definition) is 1. The molecular formula is C15H25N3O. The van der Waals surface area contributed by atoms with Crippen LogP contribution in [-0.4, -0.2) is 42.7 Å². The number of nitrogens with one attached hydrogen (secondary N) is 1. The van der Waals surface area contributed by atoms with Gasteiger partial charge in [0.1, 0.15) is 0 Å². The van der Waals surface area contributed by atoms with Crippen molar-refractivity contribution in [3.8, 4) is 0 Å². The van der Waals surface area contributed by atoms with E-state index in [1.807, 2.05) is 12.3 Å². The Morgan fingerprint density at radius 2 is 2.42 bits per heavy atom. The van der Waals surface area contributed by atoms with Crippen LogP contribution in [0.1, 0.15) is 31.9 Å². The van der Waals surface area contributed by atoms with Crippen LogP contribution in [0.4, 0.5) is 5.69 Å². The van der Waals surface area contributed by atoms with Crippen LogP contribution in [0.5, 0.6) is 0 Å². The molecule has 0 bridgehead atoms. The molecule has 0 saturated carbocycles. The van der Waals surface area contributed by atoms with Gasteiger partial charge in [0.05, 0.1) is 11.8 Å². The van der Waals surface area contributed by atoms with Crippen LogP contribution < -0.4 is 5.32 Å². The quantitative estimate of drug-likeness (QED) is 0.820. The number of anilines is 1. The second-order valence-electron chi connectivity index (χ2n) is 5.29. The zero-order valence-electron chi connectivity index (χ0n) is 12.1. The van der Waals surface area contributed by atoms with Gasteiger partial charge in [-0.2, -0.15) is 0 Å². The summed E-state index contributed by atoms with van der Waals surface area (Å²) < 4.78 is 5.66. The first-order chi connectivity index (χ1) is 9.28. The molecule has 1 N–H and O–H groups in total. The summed E-state index contributed by atoms with van der Waals surface area (Å²) in [6.45, 7) is 5.97. The van der Waals surface area contributed by atoms with Crippen molar-refractivity contribution in [2.45, 2.75) is 38.8 Å². The van der Waals surface area contributed by atoms with Gasteiger partial charge in [-0.05, 0) is 38.4 Å². The highest BCUT2D eigenvalue weighted by Gasteiger charge is 2.17. The minimum atomic E-state index is 0.409. The highest BCUT2D eigenvalue weighted by Crippen LogP contribution is 2.14. The maximum absolute atomic E-state index is 5.66. The fraction of sp³-hybridized carbons (Fsp3) is 0.667. The lowest BCUT2D eigenvalue weighted by Crippen LogP contribution is -2.28. The first kappa shape index (κ1) is 14.3. The van der Waals surface area contributed by atoms with E-state index in [9.17, 15) is 0 Å². The van der Waals surface area contributed by atoms with Crippen molar-refractivity contribution in [2.24, 2.45) is 0 Å². The van der Waals surface area contributed by atoms with Crippen LogP contribution in [0.25, 0.3) is 0 Å². The van der Waals surface area contributed by atoms with Crippen LogP contribution in [0.15, 0.2) is 18.3 Å². The molecule has 0 amide bonds. The summed E-state index contributed by atoms with van der Waals surface area (Å²) in [5, 5.41) is 3.40. The lowest BCUT2D eigenvalue weighted by molar-refractivity contribution is 0.0790. The summed E-state index contributed by atoms with van der Waals surface area (Å²) in [4.78, 5) is 6.73. The summed E-state index contributed by atoms with van der Waals surface area (Å²) in [7, 11) is 2.13. The van der Waals surface area contributed by atoms with Crippen LogP contribution in [0.3, 0.4) is 0 Å². The molecule has 1 aromatic heterocycles. The number of hydrogen-bond acceptors (Lipinski definition) is 4. The number of nitrogens with zero attached hydrogens (tertiary/aromatic N) is 2. The third-order valence-corrected chi connectivity index (χ3v) is 3.37. The molecule has 1 unspecified atom stereocenters. The number of pyridine rings is 1. The Bertz CT molecular complexity index is 377. The van der Waals surface area contributed by atoms with E-state index < -0.39 is 0 Å². The monoisotopic (exact) mass is 263 g/mol. The summed E-state index contributed by atoms with van der Waals surface area (Å²) in [5.74, 6) is 0. The van der Waals surface area contributed by atoms with Crippen molar-refractivity contribution < 1.29 is 4.74 Å². The Labute approximate surface area is 116 Å². The Morgan fingerprint density at radius 3 is 3.16 bits per heavy atom. The van der Waals surface area contributed by atoms with Gasteiger partial charge in [0.25, 0.3) is 0 Å². The first-order valence-electron chi connectivity index (χ1n) is 7.27. The lowest BCUT2D eigenvalue weighted by atomic mass is 10.2. The molecule has 1 saturated heterocycles. The molecule has 1 aliphatic heterocycles.